The van der Waals surface area contributed by atoms with Gasteiger partial charge in [-0.3, -0.25) is 0 Å². The molecule has 0 radical (unpaired) electrons. The van der Waals surface area contributed by atoms with E-state index in [1.165, 1.54) is 5.56 Å². The summed E-state index contributed by atoms with van der Waals surface area (Å²) in [5.41, 5.74) is 1.18. The van der Waals surface area contributed by atoms with E-state index < -0.39 is 0 Å². The summed E-state index contributed by atoms with van der Waals surface area (Å²) in [6, 6.07) is 8.07. The van der Waals surface area contributed by atoms with E-state index in [-0.39, 0.29) is 0 Å². The van der Waals surface area contributed by atoms with E-state index in [0.29, 0.717) is 6.61 Å². The molecule has 0 saturated carbocycles. The number of aryl methyl sites for hydroxylation is 2. The molecule has 0 bridgehead atoms. The maximum absolute atomic E-state index is 5.72. The van der Waals surface area contributed by atoms with Crippen LogP contribution in [0.2, 0.25) is 0 Å². The predicted octanol–water partition coefficient (Wildman–Crippen LogP) is 2.90. The molecule has 17 heavy (non-hydrogen) atoms. The molecule has 0 aliphatic heterocycles. The maximum Gasteiger partial charge on any atom is 0.167 e. The third-order valence-electron chi connectivity index (χ3n) is 2.44. The molecule has 0 amide bonds. The molecule has 4 heteroatoms. The SMILES string of the molecule is Cc1ccccc1OCCSc1nccn1C. The lowest BCUT2D eigenvalue weighted by Gasteiger charge is -2.08. The van der Waals surface area contributed by atoms with Gasteiger partial charge in [0.2, 0.25) is 0 Å². The molecule has 2 aromatic rings. The molecule has 0 spiro atoms. The van der Waals surface area contributed by atoms with Crippen molar-refractivity contribution in [2.45, 2.75) is 12.1 Å². The van der Waals surface area contributed by atoms with Gasteiger partial charge < -0.3 is 9.30 Å². The van der Waals surface area contributed by atoms with Crippen LogP contribution in [0.15, 0.2) is 41.8 Å². The fraction of sp³-hybridized carbons (Fsp3) is 0.308. The van der Waals surface area contributed by atoms with Crippen molar-refractivity contribution in [3.63, 3.8) is 0 Å². The number of nitrogens with zero attached hydrogens (tertiary/aromatic N) is 2. The van der Waals surface area contributed by atoms with Crippen LogP contribution in [0.1, 0.15) is 5.56 Å². The molecular formula is C13H16N2OS. The Hall–Kier alpha value is -1.42. The van der Waals surface area contributed by atoms with Crippen LogP contribution in [0.5, 0.6) is 5.75 Å². The number of rotatable bonds is 5. The summed E-state index contributed by atoms with van der Waals surface area (Å²) in [6.07, 6.45) is 3.76. The van der Waals surface area contributed by atoms with E-state index >= 15 is 0 Å². The van der Waals surface area contributed by atoms with Crippen LogP contribution in [-0.4, -0.2) is 21.9 Å². The fourth-order valence-corrected chi connectivity index (χ4v) is 2.24. The average molecular weight is 248 g/mol. The molecular weight excluding hydrogens is 232 g/mol. The lowest BCUT2D eigenvalue weighted by molar-refractivity contribution is 0.341. The Morgan fingerprint density at radius 3 is 2.88 bits per heavy atom. The predicted molar refractivity (Wildman–Crippen MR) is 70.6 cm³/mol. The number of hydrogen-bond donors (Lipinski definition) is 0. The third kappa shape index (κ3) is 3.27. The molecule has 2 rings (SSSR count). The van der Waals surface area contributed by atoms with Crippen molar-refractivity contribution < 1.29 is 4.74 Å². The van der Waals surface area contributed by atoms with Gasteiger partial charge in [-0.1, -0.05) is 30.0 Å². The second kappa shape index (κ2) is 5.77. The van der Waals surface area contributed by atoms with Gasteiger partial charge in [0.15, 0.2) is 5.16 Å². The summed E-state index contributed by atoms with van der Waals surface area (Å²) in [7, 11) is 2.00. The Balaban J connectivity index is 1.77. The van der Waals surface area contributed by atoms with E-state index in [9.17, 15) is 0 Å². The van der Waals surface area contributed by atoms with E-state index in [4.69, 9.17) is 4.74 Å². The average Bonchev–Trinajstić information content (AvgIpc) is 2.73. The molecule has 0 unspecified atom stereocenters. The summed E-state index contributed by atoms with van der Waals surface area (Å²) in [5.74, 6) is 1.87. The van der Waals surface area contributed by atoms with Crippen LogP contribution in [-0.2, 0) is 7.05 Å². The standard InChI is InChI=1S/C13H16N2OS/c1-11-5-3-4-6-12(11)16-9-10-17-13-14-7-8-15(13)2/h3-8H,9-10H2,1-2H3. The van der Waals surface area contributed by atoms with Gasteiger partial charge in [-0.25, -0.2) is 4.98 Å². The molecule has 1 aromatic heterocycles. The highest BCUT2D eigenvalue weighted by atomic mass is 32.2. The minimum Gasteiger partial charge on any atom is -0.492 e. The van der Waals surface area contributed by atoms with Gasteiger partial charge in [0.1, 0.15) is 5.75 Å². The van der Waals surface area contributed by atoms with Gasteiger partial charge in [0.25, 0.3) is 0 Å². The zero-order chi connectivity index (χ0) is 12.1. The Labute approximate surface area is 106 Å². The van der Waals surface area contributed by atoms with Gasteiger partial charge in [0, 0.05) is 25.2 Å². The number of benzene rings is 1. The first-order valence-electron chi connectivity index (χ1n) is 5.56. The number of para-hydroxylation sites is 1. The minimum absolute atomic E-state index is 0.697. The van der Waals surface area contributed by atoms with Crippen LogP contribution in [0.3, 0.4) is 0 Å². The first kappa shape index (κ1) is 12.0. The largest absolute Gasteiger partial charge is 0.492 e. The van der Waals surface area contributed by atoms with E-state index in [2.05, 4.69) is 18.0 Å². The van der Waals surface area contributed by atoms with Crippen LogP contribution >= 0.6 is 11.8 Å². The number of aromatic nitrogens is 2. The first-order valence-corrected chi connectivity index (χ1v) is 6.54. The van der Waals surface area contributed by atoms with E-state index in [0.717, 1.165) is 16.7 Å². The summed E-state index contributed by atoms with van der Waals surface area (Å²) < 4.78 is 7.73. The molecule has 0 aliphatic carbocycles. The summed E-state index contributed by atoms with van der Waals surface area (Å²) in [5, 5.41) is 1.03. The van der Waals surface area contributed by atoms with Crippen molar-refractivity contribution in [3.8, 4) is 5.75 Å². The van der Waals surface area contributed by atoms with Crippen molar-refractivity contribution in [2.24, 2.45) is 7.05 Å². The van der Waals surface area contributed by atoms with Crippen molar-refractivity contribution in [1.82, 2.24) is 9.55 Å². The lowest BCUT2D eigenvalue weighted by atomic mass is 10.2. The zero-order valence-electron chi connectivity index (χ0n) is 10.1. The molecule has 0 saturated heterocycles. The highest BCUT2D eigenvalue weighted by molar-refractivity contribution is 7.99. The van der Waals surface area contributed by atoms with Crippen LogP contribution in [0.4, 0.5) is 0 Å². The molecule has 1 heterocycles. The van der Waals surface area contributed by atoms with Gasteiger partial charge in [-0.05, 0) is 18.6 Å². The van der Waals surface area contributed by atoms with Crippen molar-refractivity contribution >= 4 is 11.8 Å². The molecule has 0 atom stereocenters. The number of hydrogen-bond acceptors (Lipinski definition) is 3. The van der Waals surface area contributed by atoms with Crippen molar-refractivity contribution in [3.05, 3.63) is 42.2 Å². The normalized spacial score (nSPS) is 10.5. The Bertz CT molecular complexity index is 482. The number of thioether (sulfide) groups is 1. The highest BCUT2D eigenvalue weighted by Gasteiger charge is 2.01. The summed E-state index contributed by atoms with van der Waals surface area (Å²) >= 11 is 1.71. The van der Waals surface area contributed by atoms with Crippen LogP contribution in [0.25, 0.3) is 0 Å². The fourth-order valence-electron chi connectivity index (χ4n) is 1.49. The molecule has 0 aliphatic rings. The van der Waals surface area contributed by atoms with Crippen molar-refractivity contribution in [1.29, 1.82) is 0 Å². The molecule has 0 N–H and O–H groups in total. The van der Waals surface area contributed by atoms with Gasteiger partial charge >= 0.3 is 0 Å². The Morgan fingerprint density at radius 2 is 2.18 bits per heavy atom. The molecule has 3 nitrogen and oxygen atoms in total. The summed E-state index contributed by atoms with van der Waals surface area (Å²) in [4.78, 5) is 4.25. The lowest BCUT2D eigenvalue weighted by Crippen LogP contribution is -2.02. The second-order valence-electron chi connectivity index (χ2n) is 3.78. The van der Waals surface area contributed by atoms with Crippen LogP contribution < -0.4 is 4.74 Å². The van der Waals surface area contributed by atoms with Crippen LogP contribution in [0, 0.1) is 6.92 Å². The minimum atomic E-state index is 0.697. The third-order valence-corrected chi connectivity index (χ3v) is 3.47. The van der Waals surface area contributed by atoms with E-state index in [1.54, 1.807) is 11.8 Å². The smallest absolute Gasteiger partial charge is 0.167 e. The van der Waals surface area contributed by atoms with Gasteiger partial charge in [0.05, 0.1) is 6.61 Å². The van der Waals surface area contributed by atoms with Gasteiger partial charge in [-0.15, -0.1) is 0 Å². The zero-order valence-corrected chi connectivity index (χ0v) is 10.9. The maximum atomic E-state index is 5.72. The quantitative estimate of drug-likeness (QED) is 0.601. The number of imidazole rings is 1. The summed E-state index contributed by atoms with van der Waals surface area (Å²) in [6.45, 7) is 2.75. The number of ether oxygens (including phenoxy) is 1. The molecule has 90 valence electrons. The van der Waals surface area contributed by atoms with E-state index in [1.807, 2.05) is 42.2 Å². The topological polar surface area (TPSA) is 27.1 Å². The Kier molecular flexibility index (Phi) is 4.09. The van der Waals surface area contributed by atoms with Crippen molar-refractivity contribution in [2.75, 3.05) is 12.4 Å². The monoisotopic (exact) mass is 248 g/mol. The second-order valence-corrected chi connectivity index (χ2v) is 4.85. The highest BCUT2D eigenvalue weighted by Crippen LogP contribution is 2.18. The molecule has 1 aromatic carbocycles. The first-order chi connectivity index (χ1) is 8.27. The Morgan fingerprint density at radius 1 is 1.35 bits per heavy atom. The van der Waals surface area contributed by atoms with Gasteiger partial charge in [-0.2, -0.15) is 0 Å². The molecule has 0 fully saturated rings.